The van der Waals surface area contributed by atoms with Gasteiger partial charge in [0.25, 0.3) is 0 Å². The molecular weight excluding hydrogens is 544 g/mol. The van der Waals surface area contributed by atoms with Crippen LogP contribution in [-0.4, -0.2) is 89.5 Å². The molecule has 3 N–H and O–H groups in total. The van der Waals surface area contributed by atoms with Crippen molar-refractivity contribution in [3.05, 3.63) is 11.6 Å². The van der Waals surface area contributed by atoms with Gasteiger partial charge in [0.2, 0.25) is 0 Å². The third kappa shape index (κ3) is 4.58. The maximum Gasteiger partial charge on any atom is 0.331 e. The molecule has 1 saturated heterocycles. The Morgan fingerprint density at radius 3 is 2.50 bits per heavy atom. The number of hydrogen-bond acceptors (Lipinski definition) is 10. The van der Waals surface area contributed by atoms with E-state index in [-0.39, 0.29) is 41.9 Å². The molecule has 3 unspecified atom stereocenters. The summed E-state index contributed by atoms with van der Waals surface area (Å²) in [5.74, 6) is -0.234. The fourth-order valence-electron chi connectivity index (χ4n) is 10.4. The highest BCUT2D eigenvalue weighted by Crippen LogP contribution is 2.70. The summed E-state index contributed by atoms with van der Waals surface area (Å²) in [6.07, 6.45) is 3.36. The highest BCUT2D eigenvalue weighted by molar-refractivity contribution is 5.85. The monoisotopic (exact) mass is 592 g/mol. The Morgan fingerprint density at radius 1 is 1.07 bits per heavy atom. The maximum atomic E-state index is 12.7. The molecule has 10 heteroatoms. The molecule has 0 amide bonds. The molecule has 14 atom stereocenters. The van der Waals surface area contributed by atoms with Crippen molar-refractivity contribution < 1.29 is 48.6 Å². The van der Waals surface area contributed by atoms with Crippen molar-refractivity contribution in [1.82, 2.24) is 0 Å². The van der Waals surface area contributed by atoms with Gasteiger partial charge in [-0.25, -0.2) is 4.79 Å². The predicted octanol–water partition coefficient (Wildman–Crippen LogP) is 2.65. The van der Waals surface area contributed by atoms with Crippen LogP contribution in [0.3, 0.4) is 0 Å². The van der Waals surface area contributed by atoms with Crippen LogP contribution in [0.5, 0.6) is 0 Å². The average molecular weight is 593 g/mol. The maximum absolute atomic E-state index is 12.7. The SMILES string of the molecule is CO[C@H]1[C@@H](O)[C@@H](C)O[C@H](OC2CC[C@@]3(C)C(CC[C@@H]4[C@@H]3CC[C@]3(C)[C@@H](C5=CC(=O)OC5)C(OC(C)=O)C[C@]43O)C2)[C@@H]1O. The summed E-state index contributed by atoms with van der Waals surface area (Å²) in [5, 5.41) is 33.8. The minimum atomic E-state index is -1.08. The van der Waals surface area contributed by atoms with Gasteiger partial charge in [0.1, 0.15) is 31.0 Å². The zero-order chi connectivity index (χ0) is 30.2. The van der Waals surface area contributed by atoms with Crippen molar-refractivity contribution >= 4 is 11.9 Å². The van der Waals surface area contributed by atoms with Gasteiger partial charge in [-0.3, -0.25) is 4.79 Å². The third-order valence-electron chi connectivity index (χ3n) is 12.6. The predicted molar refractivity (Wildman–Crippen MR) is 149 cm³/mol. The lowest BCUT2D eigenvalue weighted by Gasteiger charge is -2.63. The molecule has 4 saturated carbocycles. The molecule has 2 aliphatic heterocycles. The molecule has 0 radical (unpaired) electrons. The molecule has 42 heavy (non-hydrogen) atoms. The van der Waals surface area contributed by atoms with Gasteiger partial charge in [0, 0.05) is 37.9 Å². The molecule has 0 aromatic heterocycles. The van der Waals surface area contributed by atoms with Gasteiger partial charge in [-0.05, 0) is 80.6 Å². The van der Waals surface area contributed by atoms with Crippen LogP contribution in [-0.2, 0) is 33.3 Å². The minimum absolute atomic E-state index is 0.0190. The largest absolute Gasteiger partial charge is 0.462 e. The fraction of sp³-hybridized carbons (Fsp3) is 0.875. The van der Waals surface area contributed by atoms with Gasteiger partial charge < -0.3 is 39.0 Å². The number of methoxy groups -OCH3 is 1. The van der Waals surface area contributed by atoms with E-state index in [1.165, 1.54) is 20.1 Å². The van der Waals surface area contributed by atoms with Crippen molar-refractivity contribution in [2.75, 3.05) is 13.7 Å². The molecule has 4 aliphatic carbocycles. The summed E-state index contributed by atoms with van der Waals surface area (Å²) in [5.41, 5.74) is -0.720. The molecule has 0 aromatic carbocycles. The number of carbonyl (C=O) groups excluding carboxylic acids is 2. The molecular formula is C32H48O10. The van der Waals surface area contributed by atoms with E-state index in [4.69, 9.17) is 23.7 Å². The van der Waals surface area contributed by atoms with E-state index in [9.17, 15) is 24.9 Å². The van der Waals surface area contributed by atoms with Crippen molar-refractivity contribution in [2.24, 2.45) is 34.5 Å². The van der Waals surface area contributed by atoms with Crippen molar-refractivity contribution in [3.63, 3.8) is 0 Å². The Labute approximate surface area is 248 Å². The lowest BCUT2D eigenvalue weighted by atomic mass is 9.43. The first-order valence-electron chi connectivity index (χ1n) is 15.8. The standard InChI is InChI=1S/C32H48O10/c1-16-26(35)28(38-5)27(36)29(40-16)42-20-8-10-30(3)19(13-20)6-7-22-21(30)9-11-31(4)25(18-12-24(34)39-15-18)23(41-17(2)33)14-32(22,31)37/h12,16,19-23,25-29,35-37H,6-11,13-15H2,1-5H3/t16-,19?,20?,21+,22-,23?,25+,26+,27-,28+,29-,30+,31-,32+/m1/s1. The first-order chi connectivity index (χ1) is 19.8. The van der Waals surface area contributed by atoms with Gasteiger partial charge in [0.05, 0.1) is 17.8 Å². The zero-order valence-electron chi connectivity index (χ0n) is 25.5. The molecule has 6 rings (SSSR count). The van der Waals surface area contributed by atoms with Crippen molar-refractivity contribution in [3.8, 4) is 0 Å². The minimum Gasteiger partial charge on any atom is -0.462 e. The second-order valence-electron chi connectivity index (χ2n) is 14.5. The van der Waals surface area contributed by atoms with Crippen LogP contribution in [0.1, 0.15) is 79.1 Å². The van der Waals surface area contributed by atoms with Crippen molar-refractivity contribution in [1.29, 1.82) is 0 Å². The van der Waals surface area contributed by atoms with Gasteiger partial charge in [0.15, 0.2) is 6.29 Å². The molecule has 2 heterocycles. The van der Waals surface area contributed by atoms with Gasteiger partial charge in [-0.1, -0.05) is 13.8 Å². The van der Waals surface area contributed by atoms with Crippen LogP contribution in [0.4, 0.5) is 0 Å². The number of esters is 2. The van der Waals surface area contributed by atoms with Gasteiger partial charge in [-0.2, -0.15) is 0 Å². The Balaban J connectivity index is 1.20. The Morgan fingerprint density at radius 2 is 1.83 bits per heavy atom. The van der Waals surface area contributed by atoms with Gasteiger partial charge in [-0.15, -0.1) is 0 Å². The van der Waals surface area contributed by atoms with Crippen LogP contribution >= 0.6 is 0 Å². The Hall–Kier alpha value is -1.56. The number of carbonyl (C=O) groups is 2. The smallest absolute Gasteiger partial charge is 0.331 e. The van der Waals surface area contributed by atoms with Crippen LogP contribution in [0.15, 0.2) is 11.6 Å². The van der Waals surface area contributed by atoms with Crippen LogP contribution in [0.25, 0.3) is 0 Å². The first kappa shape index (κ1) is 30.5. The molecule has 236 valence electrons. The van der Waals surface area contributed by atoms with E-state index in [2.05, 4.69) is 13.8 Å². The molecule has 5 fully saturated rings. The Kier molecular flexibility index (Phi) is 7.84. The van der Waals surface area contributed by atoms with E-state index in [1.54, 1.807) is 6.92 Å². The summed E-state index contributed by atoms with van der Waals surface area (Å²) < 4.78 is 28.7. The number of cyclic esters (lactones) is 1. The van der Waals surface area contributed by atoms with Crippen LogP contribution in [0.2, 0.25) is 0 Å². The number of hydrogen-bond donors (Lipinski definition) is 3. The summed E-state index contributed by atoms with van der Waals surface area (Å²) in [7, 11) is 1.47. The van der Waals surface area contributed by atoms with Crippen LogP contribution in [0, 0.1) is 34.5 Å². The number of aliphatic hydroxyl groups is 3. The van der Waals surface area contributed by atoms with E-state index in [1.807, 2.05) is 0 Å². The summed E-state index contributed by atoms with van der Waals surface area (Å²) in [4.78, 5) is 24.2. The number of rotatable bonds is 5. The molecule has 10 nitrogen and oxygen atoms in total. The lowest BCUT2D eigenvalue weighted by molar-refractivity contribution is -0.313. The zero-order valence-corrected chi connectivity index (χ0v) is 25.5. The molecule has 0 bridgehead atoms. The topological polar surface area (TPSA) is 141 Å². The summed E-state index contributed by atoms with van der Waals surface area (Å²) in [6, 6.07) is 0. The normalized spacial score (nSPS) is 52.0. The van der Waals surface area contributed by atoms with E-state index >= 15 is 0 Å². The van der Waals surface area contributed by atoms with E-state index < -0.39 is 47.8 Å². The molecule has 6 aliphatic rings. The fourth-order valence-corrected chi connectivity index (χ4v) is 10.4. The summed E-state index contributed by atoms with van der Waals surface area (Å²) >= 11 is 0. The second kappa shape index (κ2) is 10.8. The second-order valence-corrected chi connectivity index (χ2v) is 14.5. The van der Waals surface area contributed by atoms with Crippen molar-refractivity contribution in [2.45, 2.75) is 128 Å². The van der Waals surface area contributed by atoms with E-state index in [0.717, 1.165) is 50.5 Å². The highest BCUT2D eigenvalue weighted by atomic mass is 16.7. The van der Waals surface area contributed by atoms with Gasteiger partial charge >= 0.3 is 11.9 Å². The third-order valence-corrected chi connectivity index (χ3v) is 12.6. The highest BCUT2D eigenvalue weighted by Gasteiger charge is 2.71. The lowest BCUT2D eigenvalue weighted by Crippen LogP contribution is -2.62. The van der Waals surface area contributed by atoms with Crippen LogP contribution < -0.4 is 0 Å². The number of aliphatic hydroxyl groups excluding tert-OH is 2. The number of fused-ring (bicyclic) bond motifs is 5. The average Bonchev–Trinajstić information content (AvgIpc) is 3.44. The summed E-state index contributed by atoms with van der Waals surface area (Å²) in [6.45, 7) is 7.85. The van der Waals surface area contributed by atoms with E-state index in [0.29, 0.717) is 18.3 Å². The Bertz CT molecular complexity index is 1110. The molecule has 0 spiro atoms. The first-order valence-corrected chi connectivity index (χ1v) is 15.8. The number of ether oxygens (including phenoxy) is 5. The molecule has 0 aromatic rings. The quantitative estimate of drug-likeness (QED) is 0.322.